The van der Waals surface area contributed by atoms with Gasteiger partial charge in [-0.15, -0.1) is 0 Å². The molecule has 3 heteroatoms. The summed E-state index contributed by atoms with van der Waals surface area (Å²) in [7, 11) is 0. The molecule has 1 aromatic rings. The van der Waals surface area contributed by atoms with E-state index in [1.807, 2.05) is 6.20 Å². The minimum absolute atomic E-state index is 0.265. The SMILES string of the molecule is CC(C)C1(Cc2ccc(Br)cn2)CCCN1. The number of pyridine rings is 1. The molecule has 88 valence electrons. The molecule has 1 aliphatic heterocycles. The topological polar surface area (TPSA) is 24.9 Å². The molecule has 0 bridgehead atoms. The second-order valence-corrected chi connectivity index (χ2v) is 5.90. The van der Waals surface area contributed by atoms with Gasteiger partial charge < -0.3 is 5.32 Å². The van der Waals surface area contributed by atoms with Gasteiger partial charge in [-0.3, -0.25) is 4.98 Å². The van der Waals surface area contributed by atoms with Gasteiger partial charge in [-0.05, 0) is 53.4 Å². The predicted molar refractivity (Wildman–Crippen MR) is 70.4 cm³/mol. The number of hydrogen-bond acceptors (Lipinski definition) is 2. The van der Waals surface area contributed by atoms with Crippen molar-refractivity contribution in [3.63, 3.8) is 0 Å². The number of halogens is 1. The molecule has 0 aliphatic carbocycles. The van der Waals surface area contributed by atoms with E-state index in [9.17, 15) is 0 Å². The Balaban J connectivity index is 2.14. The van der Waals surface area contributed by atoms with Gasteiger partial charge in [0.05, 0.1) is 0 Å². The minimum Gasteiger partial charge on any atom is -0.311 e. The molecule has 16 heavy (non-hydrogen) atoms. The van der Waals surface area contributed by atoms with Gasteiger partial charge in [0.2, 0.25) is 0 Å². The molecule has 0 spiro atoms. The van der Waals surface area contributed by atoms with Crippen molar-refractivity contribution in [3.8, 4) is 0 Å². The monoisotopic (exact) mass is 282 g/mol. The lowest BCUT2D eigenvalue weighted by atomic mass is 9.81. The van der Waals surface area contributed by atoms with Crippen LogP contribution in [0.1, 0.15) is 32.4 Å². The van der Waals surface area contributed by atoms with Crippen molar-refractivity contribution in [1.29, 1.82) is 0 Å². The van der Waals surface area contributed by atoms with Crippen LogP contribution in [-0.2, 0) is 6.42 Å². The second kappa shape index (κ2) is 4.84. The number of hydrogen-bond donors (Lipinski definition) is 1. The molecule has 2 heterocycles. The lowest BCUT2D eigenvalue weighted by Gasteiger charge is -2.33. The van der Waals surface area contributed by atoms with Crippen LogP contribution in [0.25, 0.3) is 0 Å². The maximum absolute atomic E-state index is 4.48. The van der Waals surface area contributed by atoms with Crippen molar-refractivity contribution in [2.45, 2.75) is 38.6 Å². The van der Waals surface area contributed by atoms with Crippen molar-refractivity contribution >= 4 is 15.9 Å². The number of nitrogens with one attached hydrogen (secondary N) is 1. The van der Waals surface area contributed by atoms with E-state index >= 15 is 0 Å². The molecule has 1 unspecified atom stereocenters. The van der Waals surface area contributed by atoms with Gasteiger partial charge in [0.15, 0.2) is 0 Å². The van der Waals surface area contributed by atoms with Gasteiger partial charge >= 0.3 is 0 Å². The van der Waals surface area contributed by atoms with Crippen LogP contribution in [0.2, 0.25) is 0 Å². The van der Waals surface area contributed by atoms with Crippen molar-refractivity contribution in [2.75, 3.05) is 6.54 Å². The molecule has 1 aromatic heterocycles. The standard InChI is InChI=1S/C13H19BrN2/c1-10(2)13(6-3-7-16-13)8-12-5-4-11(14)9-15-12/h4-5,9-10,16H,3,6-8H2,1-2H3. The van der Waals surface area contributed by atoms with Crippen molar-refractivity contribution in [2.24, 2.45) is 5.92 Å². The largest absolute Gasteiger partial charge is 0.311 e. The van der Waals surface area contributed by atoms with Gasteiger partial charge in [0, 0.05) is 28.3 Å². The van der Waals surface area contributed by atoms with Gasteiger partial charge in [-0.25, -0.2) is 0 Å². The first-order valence-electron chi connectivity index (χ1n) is 5.98. The molecule has 0 saturated carbocycles. The Morgan fingerprint density at radius 3 is 2.81 bits per heavy atom. The first-order valence-corrected chi connectivity index (χ1v) is 6.77. The van der Waals surface area contributed by atoms with Crippen LogP contribution >= 0.6 is 15.9 Å². The molecule has 1 aliphatic rings. The van der Waals surface area contributed by atoms with Crippen LogP contribution in [0.15, 0.2) is 22.8 Å². The highest BCUT2D eigenvalue weighted by molar-refractivity contribution is 9.10. The van der Waals surface area contributed by atoms with Crippen LogP contribution in [0.5, 0.6) is 0 Å². The van der Waals surface area contributed by atoms with E-state index in [0.717, 1.165) is 17.4 Å². The maximum atomic E-state index is 4.48. The van der Waals surface area contributed by atoms with Crippen molar-refractivity contribution < 1.29 is 0 Å². The second-order valence-electron chi connectivity index (χ2n) is 4.99. The van der Waals surface area contributed by atoms with Crippen LogP contribution in [-0.4, -0.2) is 17.1 Å². The third kappa shape index (κ3) is 2.46. The van der Waals surface area contributed by atoms with Gasteiger partial charge in [-0.2, -0.15) is 0 Å². The molecule has 0 amide bonds. The summed E-state index contributed by atoms with van der Waals surface area (Å²) in [6, 6.07) is 4.19. The molecular weight excluding hydrogens is 264 g/mol. The zero-order valence-electron chi connectivity index (χ0n) is 9.96. The summed E-state index contributed by atoms with van der Waals surface area (Å²) in [4.78, 5) is 4.48. The lowest BCUT2D eigenvalue weighted by Crippen LogP contribution is -2.46. The first kappa shape index (κ1) is 12.1. The molecular formula is C13H19BrN2. The summed E-state index contributed by atoms with van der Waals surface area (Å²) in [5.41, 5.74) is 1.45. The van der Waals surface area contributed by atoms with Crippen LogP contribution in [0.4, 0.5) is 0 Å². The van der Waals surface area contributed by atoms with Crippen LogP contribution in [0, 0.1) is 5.92 Å². The van der Waals surface area contributed by atoms with E-state index in [0.29, 0.717) is 5.92 Å². The third-order valence-electron chi connectivity index (χ3n) is 3.67. The fraction of sp³-hybridized carbons (Fsp3) is 0.615. The molecule has 0 radical (unpaired) electrons. The maximum Gasteiger partial charge on any atom is 0.0422 e. The molecule has 1 N–H and O–H groups in total. The molecule has 2 rings (SSSR count). The molecule has 1 atom stereocenters. The van der Waals surface area contributed by atoms with E-state index in [4.69, 9.17) is 0 Å². The van der Waals surface area contributed by atoms with Gasteiger partial charge in [-0.1, -0.05) is 13.8 Å². The summed E-state index contributed by atoms with van der Waals surface area (Å²) in [5, 5.41) is 3.68. The van der Waals surface area contributed by atoms with Gasteiger partial charge in [0.1, 0.15) is 0 Å². The first-order chi connectivity index (χ1) is 7.62. The molecule has 1 saturated heterocycles. The van der Waals surface area contributed by atoms with E-state index < -0.39 is 0 Å². The lowest BCUT2D eigenvalue weighted by molar-refractivity contribution is 0.267. The fourth-order valence-corrected chi connectivity index (χ4v) is 2.75. The normalized spacial score (nSPS) is 25.2. The highest BCUT2D eigenvalue weighted by Gasteiger charge is 2.36. The Morgan fingerprint density at radius 1 is 1.50 bits per heavy atom. The molecule has 0 aromatic carbocycles. The van der Waals surface area contributed by atoms with E-state index in [1.165, 1.54) is 18.5 Å². The Bertz CT molecular complexity index is 339. The quantitative estimate of drug-likeness (QED) is 0.921. The Kier molecular flexibility index (Phi) is 3.65. The predicted octanol–water partition coefficient (Wildman–Crippen LogP) is 3.16. The minimum atomic E-state index is 0.265. The summed E-state index contributed by atoms with van der Waals surface area (Å²) < 4.78 is 1.05. The smallest absolute Gasteiger partial charge is 0.0422 e. The van der Waals surface area contributed by atoms with Gasteiger partial charge in [0.25, 0.3) is 0 Å². The number of aromatic nitrogens is 1. The zero-order chi connectivity index (χ0) is 11.6. The van der Waals surface area contributed by atoms with Crippen molar-refractivity contribution in [1.82, 2.24) is 10.3 Å². The highest BCUT2D eigenvalue weighted by Crippen LogP contribution is 2.30. The third-order valence-corrected chi connectivity index (χ3v) is 4.14. The molecule has 2 nitrogen and oxygen atoms in total. The fourth-order valence-electron chi connectivity index (χ4n) is 2.51. The van der Waals surface area contributed by atoms with E-state index in [1.54, 1.807) is 0 Å². The Morgan fingerprint density at radius 2 is 2.31 bits per heavy atom. The van der Waals surface area contributed by atoms with Crippen LogP contribution in [0.3, 0.4) is 0 Å². The van der Waals surface area contributed by atoms with E-state index in [-0.39, 0.29) is 5.54 Å². The summed E-state index contributed by atoms with van der Waals surface area (Å²) in [6.07, 6.45) is 5.48. The summed E-state index contributed by atoms with van der Waals surface area (Å²) >= 11 is 3.42. The number of rotatable bonds is 3. The highest BCUT2D eigenvalue weighted by atomic mass is 79.9. The average molecular weight is 283 g/mol. The van der Waals surface area contributed by atoms with E-state index in [2.05, 4.69) is 52.2 Å². The molecule has 1 fully saturated rings. The Labute approximate surface area is 106 Å². The van der Waals surface area contributed by atoms with Crippen molar-refractivity contribution in [3.05, 3.63) is 28.5 Å². The summed E-state index contributed by atoms with van der Waals surface area (Å²) in [6.45, 7) is 5.75. The average Bonchev–Trinajstić information content (AvgIpc) is 2.71. The van der Waals surface area contributed by atoms with Crippen LogP contribution < -0.4 is 5.32 Å². The zero-order valence-corrected chi connectivity index (χ0v) is 11.5. The number of nitrogens with zero attached hydrogens (tertiary/aromatic N) is 1. The summed E-state index contributed by atoms with van der Waals surface area (Å²) in [5.74, 6) is 0.653. The Hall–Kier alpha value is -0.410.